The number of anilines is 1. The zero-order valence-electron chi connectivity index (χ0n) is 17.3. The number of hydrogen-bond acceptors (Lipinski definition) is 5. The number of amides is 1. The second kappa shape index (κ2) is 9.44. The van der Waals surface area contributed by atoms with Gasteiger partial charge in [-0.05, 0) is 60.2 Å². The van der Waals surface area contributed by atoms with Crippen LogP contribution < -0.4 is 10.9 Å². The summed E-state index contributed by atoms with van der Waals surface area (Å²) in [6.07, 6.45) is 0. The zero-order valence-corrected chi connectivity index (χ0v) is 19.7. The minimum absolute atomic E-state index is 0.0121. The first-order valence-electron chi connectivity index (χ1n) is 9.73. The lowest BCUT2D eigenvalue weighted by atomic mass is 10.1. The number of nitrogens with one attached hydrogen (secondary N) is 1. The average molecular weight is 488 g/mol. The molecule has 9 heteroatoms. The summed E-state index contributed by atoms with van der Waals surface area (Å²) in [5.74, 6) is -0.883. The fourth-order valence-corrected chi connectivity index (χ4v) is 4.91. The highest BCUT2D eigenvalue weighted by Gasteiger charge is 2.16. The number of hydrogen-bond donors (Lipinski definition) is 1. The lowest BCUT2D eigenvalue weighted by molar-refractivity contribution is -0.113. The first kappa shape index (κ1) is 22.5. The van der Waals surface area contributed by atoms with Crippen LogP contribution in [0.2, 0.25) is 5.02 Å². The first-order valence-corrected chi connectivity index (χ1v) is 12.0. The maximum Gasteiger partial charge on any atom is 0.272 e. The van der Waals surface area contributed by atoms with Crippen molar-refractivity contribution in [1.29, 1.82) is 0 Å². The predicted molar refractivity (Wildman–Crippen MR) is 130 cm³/mol. The normalized spacial score (nSPS) is 11.1. The number of fused-ring (bicyclic) bond motifs is 1. The summed E-state index contributed by atoms with van der Waals surface area (Å²) in [7, 11) is 0. The number of thioether (sulfide) groups is 1. The van der Waals surface area contributed by atoms with Crippen molar-refractivity contribution in [3.05, 3.63) is 85.7 Å². The molecule has 5 nitrogen and oxygen atoms in total. The molecule has 0 spiro atoms. The van der Waals surface area contributed by atoms with Gasteiger partial charge in [0.25, 0.3) is 5.56 Å². The van der Waals surface area contributed by atoms with Crippen LogP contribution in [0.1, 0.15) is 16.7 Å². The Labute approximate surface area is 197 Å². The molecule has 4 rings (SSSR count). The third-order valence-electron chi connectivity index (χ3n) is 4.98. The van der Waals surface area contributed by atoms with E-state index in [0.29, 0.717) is 21.9 Å². The Hall–Kier alpha value is -2.68. The van der Waals surface area contributed by atoms with Gasteiger partial charge in [0, 0.05) is 0 Å². The number of rotatable bonds is 6. The van der Waals surface area contributed by atoms with Crippen molar-refractivity contribution >= 4 is 56.5 Å². The van der Waals surface area contributed by atoms with Crippen LogP contribution in [-0.2, 0) is 11.3 Å². The molecule has 0 saturated heterocycles. The highest BCUT2D eigenvalue weighted by molar-refractivity contribution is 7.99. The van der Waals surface area contributed by atoms with Gasteiger partial charge < -0.3 is 5.32 Å². The van der Waals surface area contributed by atoms with Crippen LogP contribution in [0, 0.1) is 19.7 Å². The SMILES string of the molecule is Cc1ccc(Cn2c(SCC(=O)Nc3cc(F)ccc3Cl)nc3ccsc3c2=O)cc1C. The number of carbonyl (C=O) groups is 1. The lowest BCUT2D eigenvalue weighted by Gasteiger charge is -2.13. The predicted octanol–water partition coefficient (Wildman–Crippen LogP) is 5.65. The van der Waals surface area contributed by atoms with Gasteiger partial charge >= 0.3 is 0 Å². The molecule has 2 heterocycles. The molecular formula is C23H19ClFN3O2S2. The molecule has 1 N–H and O–H groups in total. The molecule has 164 valence electrons. The molecule has 0 atom stereocenters. The Kier molecular flexibility index (Phi) is 6.64. The quantitative estimate of drug-likeness (QED) is 0.282. The molecular weight excluding hydrogens is 469 g/mol. The van der Waals surface area contributed by atoms with E-state index in [-0.39, 0.29) is 27.9 Å². The molecule has 1 amide bonds. The average Bonchev–Trinajstić information content (AvgIpc) is 3.23. The summed E-state index contributed by atoms with van der Waals surface area (Å²) in [6, 6.07) is 11.6. The molecule has 4 aromatic rings. The van der Waals surface area contributed by atoms with Crippen LogP contribution in [-0.4, -0.2) is 21.2 Å². The van der Waals surface area contributed by atoms with Gasteiger partial charge in [0.2, 0.25) is 5.91 Å². The van der Waals surface area contributed by atoms with Gasteiger partial charge in [0.1, 0.15) is 10.5 Å². The molecule has 0 bridgehead atoms. The second-order valence-corrected chi connectivity index (χ2v) is 9.57. The monoisotopic (exact) mass is 487 g/mol. The fraction of sp³-hybridized carbons (Fsp3) is 0.174. The van der Waals surface area contributed by atoms with E-state index < -0.39 is 5.82 Å². The maximum absolute atomic E-state index is 13.5. The van der Waals surface area contributed by atoms with Crippen molar-refractivity contribution in [1.82, 2.24) is 9.55 Å². The van der Waals surface area contributed by atoms with Gasteiger partial charge in [-0.1, -0.05) is 41.6 Å². The van der Waals surface area contributed by atoms with Crippen molar-refractivity contribution in [3.8, 4) is 0 Å². The number of benzene rings is 2. The Balaban J connectivity index is 1.60. The molecule has 0 aliphatic rings. The topological polar surface area (TPSA) is 64.0 Å². The van der Waals surface area contributed by atoms with Crippen LogP contribution in [0.3, 0.4) is 0 Å². The molecule has 0 fully saturated rings. The van der Waals surface area contributed by atoms with Gasteiger partial charge in [-0.2, -0.15) is 0 Å². The molecule has 2 aromatic heterocycles. The Bertz CT molecular complexity index is 1380. The smallest absolute Gasteiger partial charge is 0.272 e. The number of halogens is 2. The molecule has 0 aliphatic carbocycles. The van der Waals surface area contributed by atoms with Crippen molar-refractivity contribution in [3.63, 3.8) is 0 Å². The summed E-state index contributed by atoms with van der Waals surface area (Å²) >= 11 is 8.52. The molecule has 2 aromatic carbocycles. The van der Waals surface area contributed by atoms with E-state index >= 15 is 0 Å². The molecule has 32 heavy (non-hydrogen) atoms. The third kappa shape index (κ3) is 4.87. The van der Waals surface area contributed by atoms with E-state index in [1.54, 1.807) is 10.6 Å². The Morgan fingerprint density at radius 3 is 2.78 bits per heavy atom. The van der Waals surface area contributed by atoms with E-state index in [9.17, 15) is 14.0 Å². The molecule has 0 radical (unpaired) electrons. The summed E-state index contributed by atoms with van der Waals surface area (Å²) in [5, 5.41) is 5.12. The minimum Gasteiger partial charge on any atom is -0.324 e. The van der Waals surface area contributed by atoms with E-state index in [1.165, 1.54) is 29.0 Å². The van der Waals surface area contributed by atoms with Gasteiger partial charge in [0.15, 0.2) is 5.16 Å². The number of aromatic nitrogens is 2. The fourth-order valence-electron chi connectivity index (χ4n) is 3.17. The van der Waals surface area contributed by atoms with Crippen LogP contribution >= 0.6 is 34.7 Å². The van der Waals surface area contributed by atoms with Crippen molar-refractivity contribution in [2.45, 2.75) is 25.5 Å². The van der Waals surface area contributed by atoms with Crippen LogP contribution in [0.5, 0.6) is 0 Å². The van der Waals surface area contributed by atoms with Gasteiger partial charge in [-0.3, -0.25) is 14.2 Å². The molecule has 0 saturated carbocycles. The summed E-state index contributed by atoms with van der Waals surface area (Å²) in [6.45, 7) is 4.41. The molecule has 0 unspecified atom stereocenters. The zero-order chi connectivity index (χ0) is 22.8. The number of carbonyl (C=O) groups excluding carboxylic acids is 1. The van der Waals surface area contributed by atoms with E-state index in [2.05, 4.69) is 10.3 Å². The summed E-state index contributed by atoms with van der Waals surface area (Å²) in [4.78, 5) is 30.2. The van der Waals surface area contributed by atoms with Crippen molar-refractivity contribution < 1.29 is 9.18 Å². The molecule has 0 aliphatic heterocycles. The standard InChI is InChI=1S/C23H19ClFN3O2S2/c1-13-3-4-15(9-14(13)2)11-28-22(30)21-18(7-8-31-21)27-23(28)32-12-20(29)26-19-10-16(25)5-6-17(19)24/h3-10H,11-12H2,1-2H3,(H,26,29). The van der Waals surface area contributed by atoms with Crippen LogP contribution in [0.25, 0.3) is 10.2 Å². The highest BCUT2D eigenvalue weighted by Crippen LogP contribution is 2.25. The number of aryl methyl sites for hydroxylation is 2. The summed E-state index contributed by atoms with van der Waals surface area (Å²) in [5.41, 5.74) is 3.96. The maximum atomic E-state index is 13.5. The number of nitrogens with zero attached hydrogens (tertiary/aromatic N) is 2. The minimum atomic E-state index is -0.496. The first-order chi connectivity index (χ1) is 15.3. The third-order valence-corrected chi connectivity index (χ3v) is 7.18. The number of thiophene rings is 1. The van der Waals surface area contributed by atoms with E-state index in [0.717, 1.165) is 29.0 Å². The Morgan fingerprint density at radius 1 is 1.19 bits per heavy atom. The van der Waals surface area contributed by atoms with Gasteiger partial charge in [0.05, 0.1) is 28.5 Å². The van der Waals surface area contributed by atoms with E-state index in [1.807, 2.05) is 37.4 Å². The Morgan fingerprint density at radius 2 is 2.00 bits per heavy atom. The lowest BCUT2D eigenvalue weighted by Crippen LogP contribution is -2.24. The van der Waals surface area contributed by atoms with Crippen molar-refractivity contribution in [2.24, 2.45) is 0 Å². The second-order valence-electron chi connectivity index (χ2n) is 7.30. The van der Waals surface area contributed by atoms with E-state index in [4.69, 9.17) is 11.6 Å². The van der Waals surface area contributed by atoms with Crippen molar-refractivity contribution in [2.75, 3.05) is 11.1 Å². The van der Waals surface area contributed by atoms with Gasteiger partial charge in [-0.15, -0.1) is 11.3 Å². The van der Waals surface area contributed by atoms with Crippen LogP contribution in [0.15, 0.2) is 57.8 Å². The summed E-state index contributed by atoms with van der Waals surface area (Å²) < 4.78 is 15.6. The highest BCUT2D eigenvalue weighted by atomic mass is 35.5. The van der Waals surface area contributed by atoms with Crippen LogP contribution in [0.4, 0.5) is 10.1 Å². The largest absolute Gasteiger partial charge is 0.324 e. The van der Waals surface area contributed by atoms with Gasteiger partial charge in [-0.25, -0.2) is 9.37 Å².